The summed E-state index contributed by atoms with van der Waals surface area (Å²) in [5.74, 6) is 3.16. The highest BCUT2D eigenvalue weighted by molar-refractivity contribution is 5.93. The largest absolute Gasteiger partial charge is 0.278 e. The summed E-state index contributed by atoms with van der Waals surface area (Å²) in [6.45, 7) is 0. The van der Waals surface area contributed by atoms with Crippen LogP contribution in [0.1, 0.15) is 0 Å². The first-order valence-corrected chi connectivity index (χ1v) is 18.3. The Morgan fingerprint density at radius 1 is 0.327 bits per heavy atom. The summed E-state index contributed by atoms with van der Waals surface area (Å²) in [5, 5.41) is 5.09. The number of benzene rings is 7. The Bertz CT molecular complexity index is 3410. The maximum Gasteiger partial charge on any atom is 0.220 e. The fraction of sp³-hybridized carbons (Fsp3) is 0. The van der Waals surface area contributed by atoms with Crippen LogP contribution >= 0.6 is 0 Å². The number of imidazole rings is 4. The minimum absolute atomic E-state index is 0.644. The normalized spacial score (nSPS) is 12.0. The molecule has 0 atom stereocenters. The van der Waals surface area contributed by atoms with Crippen LogP contribution in [0.4, 0.5) is 0 Å². The van der Waals surface area contributed by atoms with E-state index in [2.05, 4.69) is 164 Å². The zero-order chi connectivity index (χ0) is 36.0. The van der Waals surface area contributed by atoms with Gasteiger partial charge in [0.05, 0.1) is 49.8 Å². The molecule has 0 bridgehead atoms. The van der Waals surface area contributed by atoms with Crippen molar-refractivity contribution in [3.8, 4) is 39.8 Å². The van der Waals surface area contributed by atoms with Crippen LogP contribution in [-0.2, 0) is 0 Å². The lowest BCUT2D eigenvalue weighted by Gasteiger charge is -2.08. The van der Waals surface area contributed by atoms with Crippen LogP contribution in [0.3, 0.4) is 0 Å². The molecule has 0 aliphatic heterocycles. The second-order valence-electron chi connectivity index (χ2n) is 13.7. The summed E-state index contributed by atoms with van der Waals surface area (Å²) in [7, 11) is 0. The van der Waals surface area contributed by atoms with Crippen LogP contribution in [0, 0.1) is 0 Å². The second-order valence-corrected chi connectivity index (χ2v) is 13.7. The summed E-state index contributed by atoms with van der Waals surface area (Å²) < 4.78 is 10.8. The predicted molar refractivity (Wildman–Crippen MR) is 218 cm³/mol. The molecule has 5 aromatic heterocycles. The van der Waals surface area contributed by atoms with Crippen molar-refractivity contribution in [2.24, 2.45) is 0 Å². The molecule has 0 N–H and O–H groups in total. The summed E-state index contributed by atoms with van der Waals surface area (Å²) in [4.78, 5) is 15.3. The van der Waals surface area contributed by atoms with Gasteiger partial charge in [-0.05, 0) is 109 Å². The Hall–Kier alpha value is -7.78. The van der Waals surface area contributed by atoms with E-state index >= 15 is 0 Å². The van der Waals surface area contributed by atoms with E-state index in [0.717, 1.165) is 89.7 Å². The van der Waals surface area contributed by atoms with Crippen molar-refractivity contribution in [2.45, 2.75) is 0 Å². The maximum atomic E-state index is 5.17. The molecule has 12 rings (SSSR count). The first-order valence-electron chi connectivity index (χ1n) is 18.3. The molecule has 0 radical (unpaired) electrons. The summed E-state index contributed by atoms with van der Waals surface area (Å²) in [6.07, 6.45) is 0. The van der Waals surface area contributed by atoms with Crippen LogP contribution in [0.15, 0.2) is 176 Å². The number of nitrogens with zero attached hydrogens (tertiary/aromatic N) is 9. The van der Waals surface area contributed by atoms with Gasteiger partial charge in [0, 0.05) is 22.5 Å². The fourth-order valence-corrected chi connectivity index (χ4v) is 8.10. The van der Waals surface area contributed by atoms with Crippen molar-refractivity contribution < 1.29 is 0 Å². The van der Waals surface area contributed by atoms with Gasteiger partial charge in [-0.25, -0.2) is 19.6 Å². The Labute approximate surface area is 313 Å². The van der Waals surface area contributed by atoms with Gasteiger partial charge in [-0.2, -0.15) is 0 Å². The number of para-hydroxylation sites is 9. The lowest BCUT2D eigenvalue weighted by molar-refractivity contribution is 0.890. The van der Waals surface area contributed by atoms with E-state index in [0.29, 0.717) is 5.82 Å². The van der Waals surface area contributed by atoms with Gasteiger partial charge < -0.3 is 0 Å². The number of hydrogen-bond acceptors (Lipinski definition) is 4. The van der Waals surface area contributed by atoms with Crippen LogP contribution in [0.5, 0.6) is 0 Å². The number of rotatable bonds is 5. The summed E-state index contributed by atoms with van der Waals surface area (Å²) >= 11 is 0. The molecule has 0 saturated carbocycles. The summed E-state index contributed by atoms with van der Waals surface area (Å²) in [6, 6.07) is 60.6. The van der Waals surface area contributed by atoms with Crippen molar-refractivity contribution in [3.63, 3.8) is 0 Å². The van der Waals surface area contributed by atoms with Crippen LogP contribution in [0.25, 0.3) is 95.5 Å². The van der Waals surface area contributed by atoms with E-state index in [1.54, 1.807) is 0 Å². The molecule has 9 nitrogen and oxygen atoms in total. The quantitative estimate of drug-likeness (QED) is 0.179. The van der Waals surface area contributed by atoms with Gasteiger partial charge in [-0.1, -0.05) is 66.7 Å². The van der Waals surface area contributed by atoms with Crippen molar-refractivity contribution in [3.05, 3.63) is 176 Å². The van der Waals surface area contributed by atoms with Crippen molar-refractivity contribution in [1.29, 1.82) is 0 Å². The highest BCUT2D eigenvalue weighted by atomic mass is 15.4. The Morgan fingerprint density at radius 2 is 0.764 bits per heavy atom. The Balaban J connectivity index is 0.964. The van der Waals surface area contributed by atoms with Crippen LogP contribution in [0.2, 0.25) is 0 Å². The van der Waals surface area contributed by atoms with Crippen molar-refractivity contribution in [2.75, 3.05) is 0 Å². The standard InChI is InChI=1S/C46H29N9/c1-2-12-34(13-3-1)55-44(31-24-28-33(29-25-31)52-40-19-9-11-21-42(40)54-38-17-7-5-15-36(38)48-46(52)54)49-43(50-55)30-22-26-32(27-23-30)51-39-18-8-10-20-41(39)53-37-16-6-4-14-35(37)47-45(51)53/h1-29H. The molecule has 12 aromatic rings. The third-order valence-corrected chi connectivity index (χ3v) is 10.6. The fourth-order valence-electron chi connectivity index (χ4n) is 8.10. The smallest absolute Gasteiger partial charge is 0.220 e. The topological polar surface area (TPSA) is 75.2 Å². The van der Waals surface area contributed by atoms with Gasteiger partial charge in [0.25, 0.3) is 0 Å². The van der Waals surface area contributed by atoms with E-state index < -0.39 is 0 Å². The first kappa shape index (κ1) is 29.8. The van der Waals surface area contributed by atoms with E-state index in [9.17, 15) is 0 Å². The minimum atomic E-state index is 0.644. The number of aromatic nitrogens is 9. The predicted octanol–water partition coefficient (Wildman–Crippen LogP) is 10.1. The van der Waals surface area contributed by atoms with Crippen molar-refractivity contribution >= 4 is 55.7 Å². The molecule has 0 aliphatic rings. The van der Waals surface area contributed by atoms with E-state index in [-0.39, 0.29) is 0 Å². The van der Waals surface area contributed by atoms with Gasteiger partial charge in [0.15, 0.2) is 11.6 Å². The average molecular weight is 708 g/mol. The molecule has 0 unspecified atom stereocenters. The first-order chi connectivity index (χ1) is 27.3. The third-order valence-electron chi connectivity index (χ3n) is 10.6. The molecule has 0 aliphatic carbocycles. The number of hydrogen-bond donors (Lipinski definition) is 0. The highest BCUT2D eigenvalue weighted by Gasteiger charge is 2.20. The number of fused-ring (bicyclic) bond motifs is 10. The highest BCUT2D eigenvalue weighted by Crippen LogP contribution is 2.33. The molecule has 55 heavy (non-hydrogen) atoms. The lowest BCUT2D eigenvalue weighted by atomic mass is 10.1. The van der Waals surface area contributed by atoms with E-state index in [1.807, 2.05) is 35.0 Å². The van der Waals surface area contributed by atoms with Crippen LogP contribution in [-0.4, -0.2) is 42.7 Å². The SMILES string of the molecule is c1ccc(-n2nc(-c3ccc(-n4c5ccccc5n5c6ccccc6nc45)cc3)nc2-c2ccc(-n3c4ccccc4n4c5ccccc5nc34)cc2)cc1. The lowest BCUT2D eigenvalue weighted by Crippen LogP contribution is -2.00. The summed E-state index contributed by atoms with van der Waals surface area (Å²) in [5.41, 5.74) is 13.4. The third kappa shape index (κ3) is 4.35. The molecule has 258 valence electrons. The van der Waals surface area contributed by atoms with Gasteiger partial charge in [-0.15, -0.1) is 5.10 Å². The molecule has 9 heteroatoms. The molecular formula is C46H29N9. The molecule has 5 heterocycles. The monoisotopic (exact) mass is 707 g/mol. The average Bonchev–Trinajstić information content (AvgIpc) is 4.06. The molecule has 0 saturated heterocycles. The van der Waals surface area contributed by atoms with Gasteiger partial charge in [0.1, 0.15) is 0 Å². The van der Waals surface area contributed by atoms with Gasteiger partial charge >= 0.3 is 0 Å². The molecule has 7 aromatic carbocycles. The maximum absolute atomic E-state index is 5.17. The van der Waals surface area contributed by atoms with E-state index in [1.165, 1.54) is 0 Å². The van der Waals surface area contributed by atoms with Crippen molar-refractivity contribution in [1.82, 2.24) is 42.7 Å². The molecule has 0 amide bonds. The Kier molecular flexibility index (Phi) is 6.15. The molecule has 0 fully saturated rings. The molecule has 0 spiro atoms. The zero-order valence-electron chi connectivity index (χ0n) is 29.3. The van der Waals surface area contributed by atoms with Gasteiger partial charge in [-0.3, -0.25) is 17.9 Å². The zero-order valence-corrected chi connectivity index (χ0v) is 29.3. The minimum Gasteiger partial charge on any atom is -0.278 e. The van der Waals surface area contributed by atoms with Crippen LogP contribution < -0.4 is 0 Å². The van der Waals surface area contributed by atoms with Gasteiger partial charge in [0.2, 0.25) is 11.6 Å². The molecular weight excluding hydrogens is 679 g/mol. The van der Waals surface area contributed by atoms with E-state index in [4.69, 9.17) is 20.1 Å². The second kappa shape index (κ2) is 11.4. The Morgan fingerprint density at radius 3 is 1.29 bits per heavy atom.